The van der Waals surface area contributed by atoms with Crippen molar-refractivity contribution in [3.63, 3.8) is 0 Å². The maximum Gasteiger partial charge on any atom is 0.171 e. The first-order valence-corrected chi connectivity index (χ1v) is 8.31. The summed E-state index contributed by atoms with van der Waals surface area (Å²) >= 11 is 0. The van der Waals surface area contributed by atoms with Gasteiger partial charge in [-0.2, -0.15) is 5.26 Å². The number of halogens is 1. The molecule has 0 amide bonds. The van der Waals surface area contributed by atoms with E-state index in [0.717, 1.165) is 11.1 Å². The van der Waals surface area contributed by atoms with Crippen LogP contribution in [-0.2, 0) is 0 Å². The normalized spacial score (nSPS) is 10.4. The largest absolute Gasteiger partial charge is 0.264 e. The summed E-state index contributed by atoms with van der Waals surface area (Å²) in [6, 6.07) is 21.6. The van der Waals surface area contributed by atoms with Crippen LogP contribution in [0.1, 0.15) is 5.69 Å². The van der Waals surface area contributed by atoms with Gasteiger partial charge in [0.2, 0.25) is 0 Å². The van der Waals surface area contributed by atoms with Gasteiger partial charge in [0, 0.05) is 34.6 Å². The molecule has 4 rings (SSSR count). The molecular formula is C22H13FN4. The third kappa shape index (κ3) is 3.05. The second-order valence-corrected chi connectivity index (χ2v) is 5.85. The zero-order chi connectivity index (χ0) is 18.6. The highest BCUT2D eigenvalue weighted by Gasteiger charge is 2.22. The molecule has 2 aromatic carbocycles. The van der Waals surface area contributed by atoms with E-state index >= 15 is 0 Å². The van der Waals surface area contributed by atoms with Gasteiger partial charge in [-0.25, -0.2) is 4.39 Å². The summed E-state index contributed by atoms with van der Waals surface area (Å²) in [7, 11) is 0. The van der Waals surface area contributed by atoms with Crippen molar-refractivity contribution >= 4 is 0 Å². The molecule has 0 unspecified atom stereocenters. The van der Waals surface area contributed by atoms with Gasteiger partial charge in [-0.1, -0.05) is 48.5 Å². The molecular weight excluding hydrogens is 339 g/mol. The lowest BCUT2D eigenvalue weighted by molar-refractivity contribution is 0.630. The van der Waals surface area contributed by atoms with E-state index in [0.29, 0.717) is 22.4 Å². The fraction of sp³-hybridized carbons (Fsp3) is 0. The van der Waals surface area contributed by atoms with Gasteiger partial charge in [0.1, 0.15) is 17.6 Å². The van der Waals surface area contributed by atoms with Gasteiger partial charge in [0.25, 0.3) is 0 Å². The maximum atomic E-state index is 14.5. The van der Waals surface area contributed by atoms with Crippen molar-refractivity contribution < 1.29 is 4.39 Å². The molecule has 0 saturated heterocycles. The van der Waals surface area contributed by atoms with Crippen molar-refractivity contribution in [3.05, 3.63) is 90.6 Å². The topological polar surface area (TPSA) is 62.5 Å². The molecule has 0 atom stereocenters. The van der Waals surface area contributed by atoms with E-state index in [1.807, 2.05) is 36.4 Å². The van der Waals surface area contributed by atoms with Gasteiger partial charge in [-0.3, -0.25) is 4.98 Å². The average Bonchev–Trinajstić information content (AvgIpc) is 2.74. The highest BCUT2D eigenvalue weighted by molar-refractivity contribution is 5.94. The van der Waals surface area contributed by atoms with Crippen LogP contribution in [0.15, 0.2) is 79.1 Å². The highest BCUT2D eigenvalue weighted by atomic mass is 19.1. The molecule has 0 aliphatic rings. The molecule has 128 valence electrons. The number of nitrogens with zero attached hydrogens (tertiary/aromatic N) is 4. The Morgan fingerprint density at radius 2 is 1.52 bits per heavy atom. The maximum absolute atomic E-state index is 14.5. The number of rotatable bonds is 3. The molecule has 0 fully saturated rings. The van der Waals surface area contributed by atoms with Crippen LogP contribution in [0.5, 0.6) is 0 Å². The van der Waals surface area contributed by atoms with Crippen LogP contribution in [0.2, 0.25) is 0 Å². The zero-order valence-electron chi connectivity index (χ0n) is 14.2. The fourth-order valence-electron chi connectivity index (χ4n) is 3.03. The zero-order valence-corrected chi connectivity index (χ0v) is 14.2. The lowest BCUT2D eigenvalue weighted by atomic mass is 9.91. The van der Waals surface area contributed by atoms with Crippen LogP contribution >= 0.6 is 0 Å². The molecule has 2 heterocycles. The van der Waals surface area contributed by atoms with Crippen LogP contribution in [0, 0.1) is 17.1 Å². The molecule has 2 aromatic heterocycles. The van der Waals surface area contributed by atoms with E-state index in [1.54, 1.807) is 36.7 Å². The first-order valence-electron chi connectivity index (χ1n) is 8.31. The molecule has 0 bridgehead atoms. The van der Waals surface area contributed by atoms with E-state index < -0.39 is 5.82 Å². The van der Waals surface area contributed by atoms with Gasteiger partial charge in [0.05, 0.1) is 0 Å². The van der Waals surface area contributed by atoms with E-state index in [2.05, 4.69) is 21.3 Å². The Balaban J connectivity index is 2.14. The predicted molar refractivity (Wildman–Crippen MR) is 101 cm³/mol. The molecule has 0 saturated carbocycles. The minimum atomic E-state index is -0.397. The predicted octanol–water partition coefficient (Wildman–Crippen LogP) is 4.88. The van der Waals surface area contributed by atoms with Crippen molar-refractivity contribution in [1.82, 2.24) is 15.2 Å². The van der Waals surface area contributed by atoms with Crippen LogP contribution in [0.4, 0.5) is 4.39 Å². The number of hydrogen-bond acceptors (Lipinski definition) is 4. The lowest BCUT2D eigenvalue weighted by Gasteiger charge is -2.15. The molecule has 0 radical (unpaired) electrons. The van der Waals surface area contributed by atoms with Gasteiger partial charge in [-0.15, -0.1) is 10.2 Å². The summed E-state index contributed by atoms with van der Waals surface area (Å²) in [6.45, 7) is 0. The Morgan fingerprint density at radius 1 is 0.778 bits per heavy atom. The summed E-state index contributed by atoms with van der Waals surface area (Å²) in [6.07, 6.45) is 3.32. The molecule has 4 aromatic rings. The van der Waals surface area contributed by atoms with Crippen molar-refractivity contribution in [3.8, 4) is 39.6 Å². The number of pyridine rings is 1. The quantitative estimate of drug-likeness (QED) is 0.527. The molecule has 0 aliphatic heterocycles. The molecule has 0 spiro atoms. The molecule has 0 N–H and O–H groups in total. The molecule has 4 nitrogen and oxygen atoms in total. The van der Waals surface area contributed by atoms with Gasteiger partial charge >= 0.3 is 0 Å². The first-order chi connectivity index (χ1) is 13.3. The Bertz CT molecular complexity index is 1140. The first kappa shape index (κ1) is 16.6. The Labute approximate surface area is 155 Å². The van der Waals surface area contributed by atoms with E-state index in [-0.39, 0.29) is 5.69 Å². The van der Waals surface area contributed by atoms with Crippen LogP contribution < -0.4 is 0 Å². The minimum Gasteiger partial charge on any atom is -0.264 e. The van der Waals surface area contributed by atoms with E-state index in [1.165, 1.54) is 6.07 Å². The monoisotopic (exact) mass is 352 g/mol. The Hall–Kier alpha value is -3.91. The summed E-state index contributed by atoms with van der Waals surface area (Å²) in [5.41, 5.74) is 3.67. The van der Waals surface area contributed by atoms with Gasteiger partial charge < -0.3 is 0 Å². The average molecular weight is 352 g/mol. The highest BCUT2D eigenvalue weighted by Crippen LogP contribution is 2.40. The lowest BCUT2D eigenvalue weighted by Crippen LogP contribution is -2.02. The van der Waals surface area contributed by atoms with Crippen LogP contribution in [0.25, 0.3) is 33.5 Å². The van der Waals surface area contributed by atoms with Crippen molar-refractivity contribution in [1.29, 1.82) is 5.26 Å². The summed E-state index contributed by atoms with van der Waals surface area (Å²) < 4.78 is 14.5. The third-order valence-electron chi connectivity index (χ3n) is 4.22. The summed E-state index contributed by atoms with van der Waals surface area (Å²) in [5.74, 6) is -0.397. The fourth-order valence-corrected chi connectivity index (χ4v) is 3.03. The number of benzene rings is 2. The second-order valence-electron chi connectivity index (χ2n) is 5.85. The second kappa shape index (κ2) is 7.14. The summed E-state index contributed by atoms with van der Waals surface area (Å²) in [4.78, 5) is 4.16. The molecule has 5 heteroatoms. The summed E-state index contributed by atoms with van der Waals surface area (Å²) in [5, 5.41) is 17.9. The number of hydrogen-bond donors (Lipinski definition) is 0. The van der Waals surface area contributed by atoms with Crippen molar-refractivity contribution in [2.45, 2.75) is 0 Å². The third-order valence-corrected chi connectivity index (χ3v) is 4.22. The molecule has 27 heavy (non-hydrogen) atoms. The SMILES string of the molecule is N#Cc1nnc(-c2ccccc2F)c(-c2ccccc2)c1-c1cccnc1. The standard InChI is InChI=1S/C22H13FN4/c23-18-11-5-4-10-17(18)22-21(15-7-2-1-3-8-15)20(19(13-24)26-27-22)16-9-6-12-25-14-16/h1-12,14H. The van der Waals surface area contributed by atoms with Gasteiger partial charge in [-0.05, 0) is 23.8 Å². The smallest absolute Gasteiger partial charge is 0.171 e. The van der Waals surface area contributed by atoms with E-state index in [4.69, 9.17) is 0 Å². The Morgan fingerprint density at radius 3 is 2.22 bits per heavy atom. The van der Waals surface area contributed by atoms with E-state index in [9.17, 15) is 9.65 Å². The minimum absolute atomic E-state index is 0.168. The Kier molecular flexibility index (Phi) is 4.38. The van der Waals surface area contributed by atoms with Gasteiger partial charge in [0.15, 0.2) is 5.69 Å². The van der Waals surface area contributed by atoms with Crippen LogP contribution in [0.3, 0.4) is 0 Å². The van der Waals surface area contributed by atoms with Crippen molar-refractivity contribution in [2.24, 2.45) is 0 Å². The van der Waals surface area contributed by atoms with Crippen LogP contribution in [-0.4, -0.2) is 15.2 Å². The van der Waals surface area contributed by atoms with Crippen molar-refractivity contribution in [2.75, 3.05) is 0 Å². The number of nitriles is 1. The molecule has 0 aliphatic carbocycles. The number of aromatic nitrogens is 3.